The molecule has 0 aliphatic heterocycles. The molecule has 2 nitrogen and oxygen atoms in total. The van der Waals surface area contributed by atoms with Gasteiger partial charge in [-0.3, -0.25) is 0 Å². The van der Waals surface area contributed by atoms with E-state index in [0.29, 0.717) is 11.7 Å². The van der Waals surface area contributed by atoms with E-state index in [-0.39, 0.29) is 5.82 Å². The maximum atomic E-state index is 13.6. The molecule has 3 heteroatoms. The van der Waals surface area contributed by atoms with E-state index in [2.05, 4.69) is 13.8 Å². The van der Waals surface area contributed by atoms with Crippen molar-refractivity contribution in [3.05, 3.63) is 29.6 Å². The number of hydrogen-bond donors (Lipinski definition) is 1. The van der Waals surface area contributed by atoms with Crippen LogP contribution < -0.4 is 10.5 Å². The van der Waals surface area contributed by atoms with Crippen molar-refractivity contribution >= 4 is 0 Å². The van der Waals surface area contributed by atoms with Crippen LogP contribution in [0.25, 0.3) is 0 Å². The van der Waals surface area contributed by atoms with E-state index < -0.39 is 5.54 Å². The van der Waals surface area contributed by atoms with Crippen molar-refractivity contribution in [2.45, 2.75) is 51.5 Å². The summed E-state index contributed by atoms with van der Waals surface area (Å²) in [6.07, 6.45) is 5.22. The minimum absolute atomic E-state index is 0.240. The average molecular weight is 279 g/mol. The van der Waals surface area contributed by atoms with E-state index in [0.717, 1.165) is 37.2 Å². The summed E-state index contributed by atoms with van der Waals surface area (Å²) in [7, 11) is 1.62. The molecule has 2 N–H and O–H groups in total. The van der Waals surface area contributed by atoms with Gasteiger partial charge in [-0.2, -0.15) is 0 Å². The molecule has 1 aliphatic carbocycles. The van der Waals surface area contributed by atoms with E-state index in [9.17, 15) is 4.39 Å². The van der Waals surface area contributed by atoms with Crippen LogP contribution in [0.5, 0.6) is 5.75 Å². The molecule has 0 bridgehead atoms. The van der Waals surface area contributed by atoms with Gasteiger partial charge in [0.1, 0.15) is 11.6 Å². The van der Waals surface area contributed by atoms with E-state index in [4.69, 9.17) is 10.5 Å². The van der Waals surface area contributed by atoms with Crippen LogP contribution in [-0.4, -0.2) is 7.11 Å². The minimum atomic E-state index is -0.461. The smallest absolute Gasteiger partial charge is 0.124 e. The average Bonchev–Trinajstić information content (AvgIpc) is 2.62. The second kappa shape index (κ2) is 6.13. The molecular weight excluding hydrogens is 253 g/mol. The first kappa shape index (κ1) is 15.3. The molecule has 1 aromatic carbocycles. The second-order valence-electron chi connectivity index (χ2n) is 6.44. The third kappa shape index (κ3) is 3.14. The van der Waals surface area contributed by atoms with E-state index >= 15 is 0 Å². The molecule has 0 aromatic heterocycles. The fraction of sp³-hybridized carbons (Fsp3) is 0.647. The maximum absolute atomic E-state index is 13.6. The summed E-state index contributed by atoms with van der Waals surface area (Å²) in [6, 6.07) is 4.66. The number of ether oxygens (including phenoxy) is 1. The van der Waals surface area contributed by atoms with Crippen LogP contribution in [-0.2, 0) is 5.54 Å². The third-order valence-corrected chi connectivity index (χ3v) is 4.80. The second-order valence-corrected chi connectivity index (χ2v) is 6.44. The molecule has 1 fully saturated rings. The minimum Gasteiger partial charge on any atom is -0.496 e. The van der Waals surface area contributed by atoms with Crippen molar-refractivity contribution < 1.29 is 9.13 Å². The monoisotopic (exact) mass is 279 g/mol. The molecule has 2 unspecified atom stereocenters. The van der Waals surface area contributed by atoms with E-state index in [1.54, 1.807) is 19.2 Å². The van der Waals surface area contributed by atoms with Crippen LogP contribution in [0.15, 0.2) is 18.2 Å². The van der Waals surface area contributed by atoms with Crippen molar-refractivity contribution in [1.82, 2.24) is 0 Å². The topological polar surface area (TPSA) is 35.2 Å². The Bertz CT molecular complexity index is 460. The SMILES string of the molecule is COc1ccc(F)cc1C1(N)CCCC(C(C)C)CC1. The molecule has 0 saturated heterocycles. The zero-order valence-electron chi connectivity index (χ0n) is 12.8. The van der Waals surface area contributed by atoms with Gasteiger partial charge in [-0.15, -0.1) is 0 Å². The van der Waals surface area contributed by atoms with Crippen molar-refractivity contribution in [2.24, 2.45) is 17.6 Å². The van der Waals surface area contributed by atoms with Crippen molar-refractivity contribution in [1.29, 1.82) is 0 Å². The maximum Gasteiger partial charge on any atom is 0.124 e. The number of nitrogens with two attached hydrogens (primary N) is 1. The molecule has 0 radical (unpaired) electrons. The Morgan fingerprint density at radius 1 is 1.30 bits per heavy atom. The number of hydrogen-bond acceptors (Lipinski definition) is 2. The van der Waals surface area contributed by atoms with Gasteiger partial charge in [0, 0.05) is 11.1 Å². The van der Waals surface area contributed by atoms with E-state index in [1.807, 2.05) is 0 Å². The quantitative estimate of drug-likeness (QED) is 0.841. The molecule has 2 atom stereocenters. The predicted molar refractivity (Wildman–Crippen MR) is 80.2 cm³/mol. The Balaban J connectivity index is 2.28. The lowest BCUT2D eigenvalue weighted by Crippen LogP contribution is -2.36. The Morgan fingerprint density at radius 3 is 2.70 bits per heavy atom. The Kier molecular flexibility index (Phi) is 4.69. The molecule has 0 spiro atoms. The highest BCUT2D eigenvalue weighted by molar-refractivity contribution is 5.39. The fourth-order valence-corrected chi connectivity index (χ4v) is 3.40. The zero-order valence-corrected chi connectivity index (χ0v) is 12.8. The van der Waals surface area contributed by atoms with Gasteiger partial charge in [0.15, 0.2) is 0 Å². The summed E-state index contributed by atoms with van der Waals surface area (Å²) >= 11 is 0. The van der Waals surface area contributed by atoms with Crippen LogP contribution in [0.4, 0.5) is 4.39 Å². The molecule has 1 saturated carbocycles. The van der Waals surface area contributed by atoms with Crippen LogP contribution in [0.2, 0.25) is 0 Å². The van der Waals surface area contributed by atoms with Crippen molar-refractivity contribution in [3.63, 3.8) is 0 Å². The summed E-state index contributed by atoms with van der Waals surface area (Å²) in [6.45, 7) is 4.55. The number of methoxy groups -OCH3 is 1. The van der Waals surface area contributed by atoms with E-state index in [1.165, 1.54) is 12.5 Å². The lowest BCUT2D eigenvalue weighted by atomic mass is 9.82. The first-order valence-electron chi connectivity index (χ1n) is 7.59. The summed E-state index contributed by atoms with van der Waals surface area (Å²) in [5.74, 6) is 1.87. The van der Waals surface area contributed by atoms with Gasteiger partial charge in [-0.05, 0) is 49.3 Å². The van der Waals surface area contributed by atoms with Gasteiger partial charge < -0.3 is 10.5 Å². The first-order valence-corrected chi connectivity index (χ1v) is 7.59. The Morgan fingerprint density at radius 2 is 2.05 bits per heavy atom. The summed E-state index contributed by atoms with van der Waals surface area (Å²) < 4.78 is 19.0. The zero-order chi connectivity index (χ0) is 14.8. The molecule has 20 heavy (non-hydrogen) atoms. The number of halogens is 1. The molecule has 1 aromatic rings. The summed E-state index contributed by atoms with van der Waals surface area (Å²) in [4.78, 5) is 0. The molecular formula is C17H26FNO. The Labute approximate surface area is 121 Å². The summed E-state index contributed by atoms with van der Waals surface area (Å²) in [5, 5.41) is 0. The molecule has 0 heterocycles. The van der Waals surface area contributed by atoms with Gasteiger partial charge in [0.05, 0.1) is 7.11 Å². The standard InChI is InChI=1S/C17H26FNO/c1-12(2)13-5-4-9-17(19,10-8-13)15-11-14(18)6-7-16(15)20-3/h6-7,11-13H,4-5,8-10,19H2,1-3H3. The van der Waals surface area contributed by atoms with Gasteiger partial charge in [-0.1, -0.05) is 26.7 Å². The fourth-order valence-electron chi connectivity index (χ4n) is 3.40. The van der Waals surface area contributed by atoms with Crippen LogP contribution in [0, 0.1) is 17.7 Å². The third-order valence-electron chi connectivity index (χ3n) is 4.80. The Hall–Kier alpha value is -1.09. The molecule has 0 amide bonds. The first-order chi connectivity index (χ1) is 9.46. The van der Waals surface area contributed by atoms with Gasteiger partial charge in [0.2, 0.25) is 0 Å². The summed E-state index contributed by atoms with van der Waals surface area (Å²) in [5.41, 5.74) is 7.00. The highest BCUT2D eigenvalue weighted by Gasteiger charge is 2.34. The molecule has 2 rings (SSSR count). The molecule has 112 valence electrons. The number of benzene rings is 1. The predicted octanol–water partition coefficient (Wildman–Crippen LogP) is 4.22. The molecule has 1 aliphatic rings. The van der Waals surface area contributed by atoms with Gasteiger partial charge in [-0.25, -0.2) is 4.39 Å². The highest BCUT2D eigenvalue weighted by atomic mass is 19.1. The van der Waals surface area contributed by atoms with Crippen LogP contribution in [0.1, 0.15) is 51.5 Å². The normalized spacial score (nSPS) is 27.4. The van der Waals surface area contributed by atoms with Crippen LogP contribution in [0.3, 0.4) is 0 Å². The van der Waals surface area contributed by atoms with Crippen LogP contribution >= 0.6 is 0 Å². The number of rotatable bonds is 3. The van der Waals surface area contributed by atoms with Gasteiger partial charge in [0.25, 0.3) is 0 Å². The lowest BCUT2D eigenvalue weighted by Gasteiger charge is -2.30. The highest BCUT2D eigenvalue weighted by Crippen LogP contribution is 2.41. The van der Waals surface area contributed by atoms with Gasteiger partial charge >= 0.3 is 0 Å². The largest absolute Gasteiger partial charge is 0.496 e. The van der Waals surface area contributed by atoms with Crippen molar-refractivity contribution in [2.75, 3.05) is 7.11 Å². The van der Waals surface area contributed by atoms with Crippen molar-refractivity contribution in [3.8, 4) is 5.75 Å². The lowest BCUT2D eigenvalue weighted by molar-refractivity contribution is 0.317.